The fraction of sp³-hybridized carbons (Fsp3) is 0.444. The van der Waals surface area contributed by atoms with Crippen LogP contribution >= 0.6 is 0 Å². The summed E-state index contributed by atoms with van der Waals surface area (Å²) in [4.78, 5) is 31.1. The first-order valence-electron chi connectivity index (χ1n) is 8.60. The van der Waals surface area contributed by atoms with Crippen LogP contribution in [0, 0.1) is 6.92 Å². The molecule has 1 N–H and O–H groups in total. The molecule has 0 bridgehead atoms. The summed E-state index contributed by atoms with van der Waals surface area (Å²) in [5, 5.41) is 6.34. The molecule has 1 saturated heterocycles. The zero-order chi connectivity index (χ0) is 17.8. The predicted molar refractivity (Wildman–Crippen MR) is 92.4 cm³/mol. The predicted octanol–water partition coefficient (Wildman–Crippen LogP) is 3.04. The van der Waals surface area contributed by atoms with E-state index in [2.05, 4.69) is 22.4 Å². The minimum atomic E-state index is -0.423. The highest BCUT2D eigenvalue weighted by molar-refractivity contribution is 6.04. The van der Waals surface area contributed by atoms with Crippen LogP contribution in [-0.4, -0.2) is 39.4 Å². The largest absolute Gasteiger partial charge is 0.360 e. The van der Waals surface area contributed by atoms with Gasteiger partial charge in [-0.2, -0.15) is 0 Å². The summed E-state index contributed by atoms with van der Waals surface area (Å²) in [5.41, 5.74) is 0.661. The number of pyridine rings is 1. The molecular formula is C18H22N4O3. The second kappa shape index (κ2) is 7.46. The number of piperidine rings is 1. The minimum absolute atomic E-state index is 0.0414. The third-order valence-corrected chi connectivity index (χ3v) is 4.47. The number of carbonyl (C=O) groups is 2. The van der Waals surface area contributed by atoms with E-state index in [9.17, 15) is 9.59 Å². The molecule has 1 unspecified atom stereocenters. The number of nitrogens with zero attached hydrogens (tertiary/aromatic N) is 3. The first kappa shape index (κ1) is 17.1. The van der Waals surface area contributed by atoms with Crippen molar-refractivity contribution in [1.29, 1.82) is 0 Å². The highest BCUT2D eigenvalue weighted by Gasteiger charge is 2.26. The maximum atomic E-state index is 12.8. The van der Waals surface area contributed by atoms with Crippen molar-refractivity contribution in [3.05, 3.63) is 41.4 Å². The van der Waals surface area contributed by atoms with E-state index in [0.717, 1.165) is 32.2 Å². The summed E-state index contributed by atoms with van der Waals surface area (Å²) in [6, 6.07) is 5.07. The Kier molecular flexibility index (Phi) is 5.11. The molecule has 132 valence electrons. The van der Waals surface area contributed by atoms with Crippen molar-refractivity contribution in [2.75, 3.05) is 11.9 Å². The Morgan fingerprint density at radius 2 is 2.20 bits per heavy atom. The molecule has 7 heteroatoms. The molecule has 0 saturated carbocycles. The van der Waals surface area contributed by atoms with Gasteiger partial charge in [-0.05, 0) is 44.7 Å². The molecule has 1 fully saturated rings. The third kappa shape index (κ3) is 3.87. The number of anilines is 1. The van der Waals surface area contributed by atoms with Crippen LogP contribution in [0.3, 0.4) is 0 Å². The number of hydrogen-bond donors (Lipinski definition) is 1. The van der Waals surface area contributed by atoms with Gasteiger partial charge in [-0.1, -0.05) is 12.1 Å². The van der Waals surface area contributed by atoms with E-state index in [0.29, 0.717) is 17.1 Å². The molecule has 1 aliphatic rings. The number of hydrogen-bond acceptors (Lipinski definition) is 5. The van der Waals surface area contributed by atoms with Crippen molar-refractivity contribution >= 4 is 17.6 Å². The fourth-order valence-electron chi connectivity index (χ4n) is 3.15. The van der Waals surface area contributed by atoms with Crippen LogP contribution in [0.25, 0.3) is 0 Å². The molecule has 1 aliphatic heterocycles. The first-order valence-corrected chi connectivity index (χ1v) is 8.60. The zero-order valence-electron chi connectivity index (χ0n) is 14.5. The summed E-state index contributed by atoms with van der Waals surface area (Å²) < 4.78 is 4.92. The Morgan fingerprint density at radius 1 is 1.36 bits per heavy atom. The molecule has 0 spiro atoms. The molecule has 0 radical (unpaired) electrons. The molecule has 2 amide bonds. The molecule has 3 rings (SSSR count). The number of rotatable bonds is 4. The number of aromatic nitrogens is 2. The summed E-state index contributed by atoms with van der Waals surface area (Å²) in [5.74, 6) is 0.458. The lowest BCUT2D eigenvalue weighted by Crippen LogP contribution is -2.43. The lowest BCUT2D eigenvalue weighted by atomic mass is 9.99. The number of amides is 2. The Hall–Kier alpha value is -2.70. The summed E-state index contributed by atoms with van der Waals surface area (Å²) >= 11 is 0. The minimum Gasteiger partial charge on any atom is -0.360 e. The van der Waals surface area contributed by atoms with Gasteiger partial charge in [-0.15, -0.1) is 0 Å². The van der Waals surface area contributed by atoms with Crippen molar-refractivity contribution in [1.82, 2.24) is 15.0 Å². The van der Waals surface area contributed by atoms with E-state index < -0.39 is 5.91 Å². The maximum absolute atomic E-state index is 12.8. The molecule has 0 aliphatic carbocycles. The molecule has 3 heterocycles. The maximum Gasteiger partial charge on any atom is 0.275 e. The molecular weight excluding hydrogens is 320 g/mol. The van der Waals surface area contributed by atoms with Gasteiger partial charge in [0.25, 0.3) is 11.8 Å². The van der Waals surface area contributed by atoms with Crippen LogP contribution < -0.4 is 5.32 Å². The van der Waals surface area contributed by atoms with Crippen molar-refractivity contribution in [2.45, 2.75) is 45.6 Å². The van der Waals surface area contributed by atoms with Crippen LogP contribution in [0.1, 0.15) is 59.2 Å². The highest BCUT2D eigenvalue weighted by atomic mass is 16.5. The molecule has 1 atom stereocenters. The second-order valence-corrected chi connectivity index (χ2v) is 6.26. The second-order valence-electron chi connectivity index (χ2n) is 6.26. The molecule has 2 aromatic rings. The topological polar surface area (TPSA) is 88.3 Å². The summed E-state index contributed by atoms with van der Waals surface area (Å²) in [6.07, 6.45) is 5.64. The van der Waals surface area contributed by atoms with Crippen molar-refractivity contribution < 1.29 is 14.1 Å². The lowest BCUT2D eigenvalue weighted by Gasteiger charge is -2.35. The Labute approximate surface area is 146 Å². The smallest absolute Gasteiger partial charge is 0.275 e. The molecule has 7 nitrogen and oxygen atoms in total. The van der Waals surface area contributed by atoms with Crippen LogP contribution in [0.5, 0.6) is 0 Å². The van der Waals surface area contributed by atoms with Crippen LogP contribution in [0.4, 0.5) is 5.82 Å². The van der Waals surface area contributed by atoms with Crippen LogP contribution in [-0.2, 0) is 0 Å². The van der Waals surface area contributed by atoms with Gasteiger partial charge in [0.05, 0.1) is 0 Å². The van der Waals surface area contributed by atoms with Gasteiger partial charge in [-0.3, -0.25) is 14.6 Å². The number of likely N-dealkylation sites (tertiary alicyclic amines) is 1. The highest BCUT2D eigenvalue weighted by Crippen LogP contribution is 2.22. The van der Waals surface area contributed by atoms with Crippen LogP contribution in [0.2, 0.25) is 0 Å². The standard InChI is InChI=1S/C18H22N4O3/c1-3-14-6-4-5-9-22(14)18(24)13-7-8-19-15(11-13)17(23)20-16-10-12(2)25-21-16/h7-8,10-11,14H,3-6,9H2,1-2H3,(H,20,21,23). The zero-order valence-corrected chi connectivity index (χ0v) is 14.5. The van der Waals surface area contributed by atoms with Crippen LogP contribution in [0.15, 0.2) is 28.9 Å². The summed E-state index contributed by atoms with van der Waals surface area (Å²) in [6.45, 7) is 4.60. The van der Waals surface area contributed by atoms with Gasteiger partial charge in [0.15, 0.2) is 5.82 Å². The van der Waals surface area contributed by atoms with Gasteiger partial charge >= 0.3 is 0 Å². The Bertz CT molecular complexity index is 771. The SMILES string of the molecule is CCC1CCCCN1C(=O)c1ccnc(C(=O)Nc2cc(C)on2)c1. The fourth-order valence-corrected chi connectivity index (χ4v) is 3.15. The van der Waals surface area contributed by atoms with Crippen molar-refractivity contribution in [3.8, 4) is 0 Å². The van der Waals surface area contributed by atoms with Gasteiger partial charge in [0, 0.05) is 30.4 Å². The average Bonchev–Trinajstić information content (AvgIpc) is 3.05. The lowest BCUT2D eigenvalue weighted by molar-refractivity contribution is 0.0608. The van der Waals surface area contributed by atoms with E-state index in [1.807, 2.05) is 4.90 Å². The van der Waals surface area contributed by atoms with E-state index >= 15 is 0 Å². The number of carbonyl (C=O) groups excluding carboxylic acids is 2. The first-order chi connectivity index (χ1) is 12.1. The number of aryl methyl sites for hydroxylation is 1. The van der Waals surface area contributed by atoms with Crippen molar-refractivity contribution in [2.24, 2.45) is 0 Å². The monoisotopic (exact) mass is 342 g/mol. The van der Waals surface area contributed by atoms with E-state index in [1.54, 1.807) is 19.1 Å². The van der Waals surface area contributed by atoms with Gasteiger partial charge in [0.2, 0.25) is 0 Å². The average molecular weight is 342 g/mol. The molecule has 2 aromatic heterocycles. The van der Waals surface area contributed by atoms with Gasteiger partial charge < -0.3 is 14.7 Å². The molecule has 25 heavy (non-hydrogen) atoms. The van der Waals surface area contributed by atoms with E-state index in [4.69, 9.17) is 4.52 Å². The molecule has 0 aromatic carbocycles. The van der Waals surface area contributed by atoms with E-state index in [1.165, 1.54) is 12.3 Å². The van der Waals surface area contributed by atoms with Gasteiger partial charge in [-0.25, -0.2) is 0 Å². The third-order valence-electron chi connectivity index (χ3n) is 4.47. The van der Waals surface area contributed by atoms with Gasteiger partial charge in [0.1, 0.15) is 11.5 Å². The normalized spacial score (nSPS) is 17.4. The Balaban J connectivity index is 1.76. The van der Waals surface area contributed by atoms with E-state index in [-0.39, 0.29) is 17.6 Å². The van der Waals surface area contributed by atoms with Crippen molar-refractivity contribution in [3.63, 3.8) is 0 Å². The quantitative estimate of drug-likeness (QED) is 0.922. The summed E-state index contributed by atoms with van der Waals surface area (Å²) in [7, 11) is 0. The Morgan fingerprint density at radius 3 is 2.92 bits per heavy atom. The number of nitrogens with one attached hydrogen (secondary N) is 1.